The molecule has 0 bridgehead atoms. The Labute approximate surface area is 123 Å². The standard InChI is InChI=1S/C11H20N4O3S2/c1-8-9(20(12,16)17)19-10(15-8)13-6-11(7-18-2)4-3-5-14-11/h14H,3-7H2,1-2H3,(H,13,15)(H2,12,16,17). The summed E-state index contributed by atoms with van der Waals surface area (Å²) in [6.07, 6.45) is 2.12. The van der Waals surface area contributed by atoms with Gasteiger partial charge in [0, 0.05) is 13.7 Å². The van der Waals surface area contributed by atoms with Gasteiger partial charge >= 0.3 is 0 Å². The number of anilines is 1. The van der Waals surface area contributed by atoms with Crippen LogP contribution in [0.2, 0.25) is 0 Å². The van der Waals surface area contributed by atoms with Crippen LogP contribution in [0.15, 0.2) is 4.21 Å². The van der Waals surface area contributed by atoms with Crippen molar-refractivity contribution in [2.24, 2.45) is 5.14 Å². The van der Waals surface area contributed by atoms with Crippen LogP contribution in [-0.4, -0.2) is 45.7 Å². The van der Waals surface area contributed by atoms with E-state index in [1.807, 2.05) is 0 Å². The number of nitrogens with one attached hydrogen (secondary N) is 2. The van der Waals surface area contributed by atoms with Gasteiger partial charge < -0.3 is 15.4 Å². The minimum atomic E-state index is -3.70. The molecule has 2 heterocycles. The van der Waals surface area contributed by atoms with Crippen molar-refractivity contribution in [3.63, 3.8) is 0 Å². The van der Waals surface area contributed by atoms with Crippen LogP contribution in [0.4, 0.5) is 5.13 Å². The highest BCUT2D eigenvalue weighted by Gasteiger charge is 2.33. The Morgan fingerprint density at radius 2 is 2.35 bits per heavy atom. The van der Waals surface area contributed by atoms with E-state index in [9.17, 15) is 8.42 Å². The predicted octanol–water partition coefficient (Wildman–Crippen LogP) is 0.279. The van der Waals surface area contributed by atoms with Crippen molar-refractivity contribution in [1.82, 2.24) is 10.3 Å². The van der Waals surface area contributed by atoms with Gasteiger partial charge in [-0.25, -0.2) is 18.5 Å². The number of hydrogen-bond donors (Lipinski definition) is 3. The van der Waals surface area contributed by atoms with E-state index in [2.05, 4.69) is 15.6 Å². The number of rotatable bonds is 6. The zero-order chi connectivity index (χ0) is 14.8. The average molecular weight is 320 g/mol. The largest absolute Gasteiger partial charge is 0.383 e. The molecule has 1 aliphatic rings. The molecule has 9 heteroatoms. The minimum Gasteiger partial charge on any atom is -0.383 e. The van der Waals surface area contributed by atoms with Crippen LogP contribution in [0, 0.1) is 6.92 Å². The molecule has 1 fully saturated rings. The molecule has 0 saturated carbocycles. The van der Waals surface area contributed by atoms with E-state index >= 15 is 0 Å². The summed E-state index contributed by atoms with van der Waals surface area (Å²) in [5.74, 6) is 0. The third kappa shape index (κ3) is 3.47. The molecule has 0 aromatic carbocycles. The number of primary sulfonamides is 1. The number of nitrogens with two attached hydrogens (primary N) is 1. The zero-order valence-corrected chi connectivity index (χ0v) is 13.2. The summed E-state index contributed by atoms with van der Waals surface area (Å²) in [6.45, 7) is 3.84. The second kappa shape index (κ2) is 5.94. The van der Waals surface area contributed by atoms with Crippen molar-refractivity contribution in [2.45, 2.75) is 29.5 Å². The maximum atomic E-state index is 11.4. The fraction of sp³-hybridized carbons (Fsp3) is 0.727. The van der Waals surface area contributed by atoms with Gasteiger partial charge in [-0.3, -0.25) is 0 Å². The van der Waals surface area contributed by atoms with Gasteiger partial charge in [0.1, 0.15) is 0 Å². The summed E-state index contributed by atoms with van der Waals surface area (Å²) in [5.41, 5.74) is 0.316. The molecular formula is C11H20N4O3S2. The third-order valence-electron chi connectivity index (χ3n) is 3.34. The molecule has 1 saturated heterocycles. The lowest BCUT2D eigenvalue weighted by Gasteiger charge is -2.28. The van der Waals surface area contributed by atoms with E-state index in [0.29, 0.717) is 24.0 Å². The highest BCUT2D eigenvalue weighted by atomic mass is 32.2. The lowest BCUT2D eigenvalue weighted by molar-refractivity contribution is 0.127. The lowest BCUT2D eigenvalue weighted by atomic mass is 9.99. The van der Waals surface area contributed by atoms with Crippen molar-refractivity contribution in [3.05, 3.63) is 5.69 Å². The van der Waals surface area contributed by atoms with Crippen molar-refractivity contribution < 1.29 is 13.2 Å². The second-order valence-electron chi connectivity index (χ2n) is 5.03. The van der Waals surface area contributed by atoms with Gasteiger partial charge in [-0.1, -0.05) is 11.3 Å². The number of sulfonamides is 1. The van der Waals surface area contributed by atoms with Gasteiger partial charge in [-0.05, 0) is 26.3 Å². The normalized spacial score (nSPS) is 23.1. The Kier molecular flexibility index (Phi) is 4.65. The van der Waals surface area contributed by atoms with Crippen LogP contribution in [0.25, 0.3) is 0 Å². The second-order valence-corrected chi connectivity index (χ2v) is 7.79. The van der Waals surface area contributed by atoms with Crippen LogP contribution in [-0.2, 0) is 14.8 Å². The summed E-state index contributed by atoms with van der Waals surface area (Å²) in [7, 11) is -2.02. The Morgan fingerprint density at radius 3 is 2.85 bits per heavy atom. The average Bonchev–Trinajstić information content (AvgIpc) is 2.94. The molecule has 0 spiro atoms. The summed E-state index contributed by atoms with van der Waals surface area (Å²) in [5, 5.41) is 12.3. The Hall–Kier alpha value is -0.740. The van der Waals surface area contributed by atoms with Crippen LogP contribution in [0.5, 0.6) is 0 Å². The van der Waals surface area contributed by atoms with Crippen LogP contribution in [0.1, 0.15) is 18.5 Å². The summed E-state index contributed by atoms with van der Waals surface area (Å²) in [6, 6.07) is 0. The highest BCUT2D eigenvalue weighted by molar-refractivity contribution is 7.91. The van der Waals surface area contributed by atoms with Crippen molar-refractivity contribution >= 4 is 26.5 Å². The maximum Gasteiger partial charge on any atom is 0.249 e. The maximum absolute atomic E-state index is 11.4. The predicted molar refractivity (Wildman–Crippen MR) is 78.6 cm³/mol. The van der Waals surface area contributed by atoms with E-state index in [0.717, 1.165) is 30.7 Å². The first-order valence-electron chi connectivity index (χ1n) is 6.34. The van der Waals surface area contributed by atoms with Gasteiger partial charge in [0.15, 0.2) is 9.34 Å². The SMILES string of the molecule is COCC1(CNc2nc(C)c(S(N)(=O)=O)s2)CCCN1. The summed E-state index contributed by atoms with van der Waals surface area (Å²) in [4.78, 5) is 4.21. The first-order chi connectivity index (χ1) is 9.36. The number of ether oxygens (including phenoxy) is 1. The monoisotopic (exact) mass is 320 g/mol. The van der Waals surface area contributed by atoms with Gasteiger partial charge in [0.2, 0.25) is 10.0 Å². The fourth-order valence-corrected chi connectivity index (χ4v) is 4.29. The van der Waals surface area contributed by atoms with Crippen molar-refractivity contribution in [1.29, 1.82) is 0 Å². The molecule has 20 heavy (non-hydrogen) atoms. The molecule has 114 valence electrons. The first kappa shape index (κ1) is 15.6. The molecule has 1 unspecified atom stereocenters. The van der Waals surface area contributed by atoms with E-state index in [1.54, 1.807) is 14.0 Å². The highest BCUT2D eigenvalue weighted by Crippen LogP contribution is 2.27. The molecule has 2 rings (SSSR count). The number of aryl methyl sites for hydroxylation is 1. The van der Waals surface area contributed by atoms with E-state index in [-0.39, 0.29) is 9.75 Å². The molecule has 0 amide bonds. The third-order valence-corrected chi connectivity index (χ3v) is 6.01. The van der Waals surface area contributed by atoms with Gasteiger partial charge in [-0.2, -0.15) is 0 Å². The molecule has 0 aliphatic carbocycles. The molecule has 4 N–H and O–H groups in total. The first-order valence-corrected chi connectivity index (χ1v) is 8.71. The van der Waals surface area contributed by atoms with Crippen molar-refractivity contribution in [3.8, 4) is 0 Å². The molecule has 1 aromatic heterocycles. The van der Waals surface area contributed by atoms with E-state index in [4.69, 9.17) is 9.88 Å². The molecule has 0 radical (unpaired) electrons. The molecule has 1 aromatic rings. The summed E-state index contributed by atoms with van der Waals surface area (Å²) >= 11 is 1.06. The van der Waals surface area contributed by atoms with Crippen LogP contribution in [0.3, 0.4) is 0 Å². The smallest absolute Gasteiger partial charge is 0.249 e. The van der Waals surface area contributed by atoms with E-state index in [1.165, 1.54) is 0 Å². The minimum absolute atomic E-state index is 0.111. The van der Waals surface area contributed by atoms with Gasteiger partial charge in [-0.15, -0.1) is 0 Å². The van der Waals surface area contributed by atoms with Gasteiger partial charge in [0.25, 0.3) is 0 Å². The van der Waals surface area contributed by atoms with E-state index < -0.39 is 10.0 Å². The number of nitrogens with zero attached hydrogens (tertiary/aromatic N) is 1. The number of thiazole rings is 1. The van der Waals surface area contributed by atoms with Crippen LogP contribution >= 0.6 is 11.3 Å². The quantitative estimate of drug-likeness (QED) is 0.695. The molecule has 1 atom stereocenters. The Morgan fingerprint density at radius 1 is 1.60 bits per heavy atom. The summed E-state index contributed by atoms with van der Waals surface area (Å²) < 4.78 is 28.1. The molecule has 1 aliphatic heterocycles. The number of aromatic nitrogens is 1. The lowest BCUT2D eigenvalue weighted by Crippen LogP contribution is -2.49. The zero-order valence-electron chi connectivity index (χ0n) is 11.6. The number of hydrogen-bond acceptors (Lipinski definition) is 7. The number of methoxy groups -OCH3 is 1. The fourth-order valence-electron chi connectivity index (χ4n) is 2.44. The Bertz CT molecular complexity index is 564. The molecule has 7 nitrogen and oxygen atoms in total. The molecular weight excluding hydrogens is 300 g/mol. The van der Waals surface area contributed by atoms with Crippen molar-refractivity contribution in [2.75, 3.05) is 32.1 Å². The Balaban J connectivity index is 2.07. The topological polar surface area (TPSA) is 106 Å². The van der Waals surface area contributed by atoms with Gasteiger partial charge in [0.05, 0.1) is 17.8 Å². The van der Waals surface area contributed by atoms with Crippen LogP contribution < -0.4 is 15.8 Å².